The second-order valence-corrected chi connectivity index (χ2v) is 12.6. The maximum atomic E-state index is 12.3. The Morgan fingerprint density at radius 1 is 1.00 bits per heavy atom. The topological polar surface area (TPSA) is 324 Å². The molecule has 0 spiro atoms. The van der Waals surface area contributed by atoms with Gasteiger partial charge in [0.05, 0.1) is 19.5 Å². The third-order valence-electron chi connectivity index (χ3n) is 6.73. The summed E-state index contributed by atoms with van der Waals surface area (Å²) in [6.45, 7) is -1.98. The molecule has 10 atom stereocenters. The lowest BCUT2D eigenvalue weighted by Crippen LogP contribution is -2.46. The molecule has 44 heavy (non-hydrogen) atoms. The van der Waals surface area contributed by atoms with E-state index in [-0.39, 0.29) is 22.5 Å². The Kier molecular flexibility index (Phi) is 9.13. The largest absolute Gasteiger partial charge is 0.756 e. The van der Waals surface area contributed by atoms with Gasteiger partial charge < -0.3 is 60.2 Å². The number of rotatable bonds is 11. The van der Waals surface area contributed by atoms with Crippen molar-refractivity contribution in [3.63, 3.8) is 0 Å². The number of nitrogen functional groups attached to an aromatic ring is 1. The zero-order valence-electron chi connectivity index (χ0n) is 22.2. The van der Waals surface area contributed by atoms with Gasteiger partial charge in [0, 0.05) is 6.07 Å². The molecule has 2 aliphatic heterocycles. The second kappa shape index (κ2) is 12.4. The first-order valence-electron chi connectivity index (χ1n) is 12.6. The SMILES string of the molecule is NC(=O)c1ccc[n+]([C@@H]2O[C@H](COP(=O)([O-])OP(=O)([O-])OC[C@H]3O[C@@H](n4cnc5c(N)ncnc54)C(O)[C@H]3O)[C@H](O)C2O)c1. The van der Waals surface area contributed by atoms with Crippen molar-refractivity contribution < 1.29 is 71.5 Å². The molecular weight excluding hydrogens is 636 g/mol. The molecule has 2 aliphatic rings. The first-order chi connectivity index (χ1) is 20.7. The van der Waals surface area contributed by atoms with E-state index in [2.05, 4.69) is 28.3 Å². The molecule has 8 N–H and O–H groups in total. The van der Waals surface area contributed by atoms with Gasteiger partial charge in [0.2, 0.25) is 0 Å². The molecule has 5 heterocycles. The maximum Gasteiger partial charge on any atom is 0.292 e. The quantitative estimate of drug-likeness (QED) is 0.0835. The smallest absolute Gasteiger partial charge is 0.292 e. The molecule has 5 rings (SSSR count). The van der Waals surface area contributed by atoms with Crippen LogP contribution in [-0.4, -0.2) is 95.7 Å². The Bertz CT molecular complexity index is 1630. The number of aliphatic hydroxyl groups excluding tert-OH is 4. The lowest BCUT2D eigenvalue weighted by molar-refractivity contribution is -0.765. The zero-order valence-corrected chi connectivity index (χ0v) is 23.9. The molecule has 21 nitrogen and oxygen atoms in total. The van der Waals surface area contributed by atoms with Crippen molar-refractivity contribution in [1.82, 2.24) is 19.5 Å². The monoisotopic (exact) mass is 662 g/mol. The number of pyridine rings is 1. The molecule has 2 fully saturated rings. The molecule has 3 aromatic rings. The third-order valence-corrected chi connectivity index (χ3v) is 9.26. The van der Waals surface area contributed by atoms with Crippen molar-refractivity contribution in [3.8, 4) is 0 Å². The van der Waals surface area contributed by atoms with Crippen LogP contribution in [0, 0.1) is 0 Å². The van der Waals surface area contributed by atoms with E-state index in [9.17, 15) is 44.1 Å². The van der Waals surface area contributed by atoms with E-state index in [1.165, 1.54) is 40.0 Å². The van der Waals surface area contributed by atoms with Crippen LogP contribution < -0.4 is 25.8 Å². The maximum absolute atomic E-state index is 12.3. The van der Waals surface area contributed by atoms with Crippen LogP contribution >= 0.6 is 15.6 Å². The first-order valence-corrected chi connectivity index (χ1v) is 15.5. The highest BCUT2D eigenvalue weighted by molar-refractivity contribution is 7.59. The first kappa shape index (κ1) is 32.4. The zero-order chi connectivity index (χ0) is 32.0. The molecule has 0 saturated carbocycles. The molecule has 4 unspecified atom stereocenters. The van der Waals surface area contributed by atoms with Crippen LogP contribution in [0.4, 0.5) is 5.82 Å². The molecule has 1 amide bonds. The number of fused-ring (bicyclic) bond motifs is 1. The number of hydrogen-bond acceptors (Lipinski definition) is 18. The average Bonchev–Trinajstić information content (AvgIpc) is 3.61. The predicted molar refractivity (Wildman–Crippen MR) is 135 cm³/mol. The molecule has 0 aliphatic carbocycles. The minimum atomic E-state index is -5.68. The average molecular weight is 662 g/mol. The van der Waals surface area contributed by atoms with Gasteiger partial charge in [-0.1, -0.05) is 0 Å². The van der Waals surface area contributed by atoms with Crippen molar-refractivity contribution in [1.29, 1.82) is 0 Å². The van der Waals surface area contributed by atoms with Gasteiger partial charge in [-0.2, -0.15) is 4.57 Å². The standard InChI is InChI=1S/C21H27N7O14P2/c22-17-12-19(25-7-24-17)28(8-26-12)21-16(32)14(30)11(41-21)6-39-44(36,37)42-43(34,35)38-5-10-13(29)15(31)20(40-10)27-3-1-2-9(4-27)18(23)33/h1-4,7-8,10-11,13-16,20-21,29-32H,5-6H2,(H5-,22,23,24,25,33,34,35,36,37)/p-1/t10-,11-,13+,14+,15?,16?,20-,21-/m1/s1. The van der Waals surface area contributed by atoms with Crippen molar-refractivity contribution in [2.24, 2.45) is 5.73 Å². The van der Waals surface area contributed by atoms with Gasteiger partial charge in [-0.3, -0.25) is 18.5 Å². The van der Waals surface area contributed by atoms with Gasteiger partial charge in [0.1, 0.15) is 47.9 Å². The molecular formula is C21H26N7O14P2-. The van der Waals surface area contributed by atoms with Gasteiger partial charge in [-0.15, -0.1) is 0 Å². The molecule has 240 valence electrons. The summed E-state index contributed by atoms with van der Waals surface area (Å²) >= 11 is 0. The summed E-state index contributed by atoms with van der Waals surface area (Å²) in [4.78, 5) is 47.8. The molecule has 0 aromatic carbocycles. The number of primary amides is 1. The minimum Gasteiger partial charge on any atom is -0.756 e. The number of carbonyl (C=O) groups excluding carboxylic acids is 1. The molecule has 0 bridgehead atoms. The van der Waals surface area contributed by atoms with Gasteiger partial charge in [0.25, 0.3) is 27.8 Å². The summed E-state index contributed by atoms with van der Waals surface area (Å²) in [5.74, 6) is -0.743. The van der Waals surface area contributed by atoms with Gasteiger partial charge >= 0.3 is 0 Å². The highest BCUT2D eigenvalue weighted by Crippen LogP contribution is 2.56. The van der Waals surface area contributed by atoms with E-state index in [0.717, 1.165) is 6.33 Å². The van der Waals surface area contributed by atoms with Gasteiger partial charge in [-0.05, 0) is 6.07 Å². The molecule has 23 heteroatoms. The highest BCUT2D eigenvalue weighted by Gasteiger charge is 2.49. The Morgan fingerprint density at radius 2 is 1.64 bits per heavy atom. The Labute approximate surface area is 246 Å². The normalized spacial score (nSPS) is 31.6. The van der Waals surface area contributed by atoms with Crippen LogP contribution in [-0.2, 0) is 32.0 Å². The number of nitrogens with zero attached hydrogens (tertiary/aromatic N) is 5. The lowest BCUT2D eigenvalue weighted by atomic mass is 10.1. The summed E-state index contributed by atoms with van der Waals surface area (Å²) in [7, 11) is -11.4. The number of anilines is 1. The fraction of sp³-hybridized carbons (Fsp3) is 0.476. The fourth-order valence-corrected chi connectivity index (χ4v) is 6.58. The molecule has 3 aromatic heterocycles. The number of hydrogen-bond donors (Lipinski definition) is 6. The number of carbonyl (C=O) groups is 1. The van der Waals surface area contributed by atoms with Crippen LogP contribution in [0.15, 0.2) is 37.2 Å². The van der Waals surface area contributed by atoms with Crippen LogP contribution in [0.5, 0.6) is 0 Å². The summed E-state index contributed by atoms with van der Waals surface area (Å²) in [6, 6.07) is 2.80. The van der Waals surface area contributed by atoms with E-state index >= 15 is 0 Å². The number of imidazole rings is 1. The van der Waals surface area contributed by atoms with Crippen molar-refractivity contribution in [2.45, 2.75) is 49.1 Å². The number of aliphatic hydroxyl groups is 4. The van der Waals surface area contributed by atoms with Crippen LogP contribution in [0.1, 0.15) is 22.8 Å². The highest BCUT2D eigenvalue weighted by atomic mass is 31.3. The van der Waals surface area contributed by atoms with Crippen LogP contribution in [0.25, 0.3) is 11.2 Å². The van der Waals surface area contributed by atoms with Crippen molar-refractivity contribution in [3.05, 3.63) is 42.7 Å². The molecule has 0 radical (unpaired) electrons. The molecule has 2 saturated heterocycles. The summed E-state index contributed by atoms with van der Waals surface area (Å²) in [5, 5.41) is 41.5. The fourth-order valence-electron chi connectivity index (χ4n) is 4.56. The minimum absolute atomic E-state index is 0.0363. The van der Waals surface area contributed by atoms with E-state index in [0.29, 0.717) is 0 Å². The van der Waals surface area contributed by atoms with E-state index in [1.807, 2.05) is 0 Å². The number of aromatic nitrogens is 5. The van der Waals surface area contributed by atoms with Crippen LogP contribution in [0.2, 0.25) is 0 Å². The van der Waals surface area contributed by atoms with Crippen molar-refractivity contribution in [2.75, 3.05) is 18.9 Å². The number of phosphoric ester groups is 2. The number of amides is 1. The van der Waals surface area contributed by atoms with Crippen LogP contribution in [0.3, 0.4) is 0 Å². The second-order valence-electron chi connectivity index (χ2n) is 9.65. The summed E-state index contributed by atoms with van der Waals surface area (Å²) in [5.41, 5.74) is 11.3. The Balaban J connectivity index is 1.16. The number of phosphoric acid groups is 2. The third kappa shape index (κ3) is 6.65. The van der Waals surface area contributed by atoms with Gasteiger partial charge in [-0.25, -0.2) is 19.3 Å². The predicted octanol–water partition coefficient (Wildman–Crippen LogP) is -4.28. The summed E-state index contributed by atoms with van der Waals surface area (Å²) in [6.07, 6.45) is -7.26. The Morgan fingerprint density at radius 3 is 2.30 bits per heavy atom. The van der Waals surface area contributed by atoms with Gasteiger partial charge in [0.15, 0.2) is 36.2 Å². The Hall–Kier alpha value is -3.01. The number of ether oxygens (including phenoxy) is 2. The number of nitrogens with two attached hydrogens (primary N) is 2. The lowest BCUT2D eigenvalue weighted by Gasteiger charge is -2.31. The van der Waals surface area contributed by atoms with E-state index in [1.54, 1.807) is 0 Å². The van der Waals surface area contributed by atoms with E-state index < -0.39 is 83.8 Å². The van der Waals surface area contributed by atoms with Crippen molar-refractivity contribution >= 4 is 38.5 Å². The summed E-state index contributed by atoms with van der Waals surface area (Å²) < 4.78 is 51.1. The van der Waals surface area contributed by atoms with E-state index in [4.69, 9.17) is 20.9 Å².